The van der Waals surface area contributed by atoms with Gasteiger partial charge in [0.2, 0.25) is 5.91 Å². The maximum absolute atomic E-state index is 11.7. The number of fused-ring (bicyclic) bond motifs is 1. The number of amides is 1. The average Bonchev–Trinajstić information content (AvgIpc) is 3.46. The number of anilines is 1. The van der Waals surface area contributed by atoms with Gasteiger partial charge in [-0.05, 0) is 48.0 Å². The Hall–Kier alpha value is -4.39. The molecule has 2 fully saturated rings. The molecule has 9 heteroatoms. The van der Waals surface area contributed by atoms with E-state index < -0.39 is 6.61 Å². The molecule has 0 spiro atoms. The number of nitriles is 1. The van der Waals surface area contributed by atoms with E-state index in [0.29, 0.717) is 37.6 Å². The normalized spacial score (nSPS) is 16.2. The molecule has 4 aromatic rings. The van der Waals surface area contributed by atoms with Crippen molar-refractivity contribution < 1.29 is 19.4 Å². The molecule has 0 atom stereocenters. The van der Waals surface area contributed by atoms with Crippen LogP contribution >= 0.6 is 0 Å². The van der Waals surface area contributed by atoms with E-state index in [4.69, 9.17) is 14.6 Å². The van der Waals surface area contributed by atoms with Crippen molar-refractivity contribution in [2.24, 2.45) is 0 Å². The first-order valence-electron chi connectivity index (χ1n) is 13.6. The average molecular weight is 538 g/mol. The summed E-state index contributed by atoms with van der Waals surface area (Å²) >= 11 is 0. The molecule has 9 nitrogen and oxygen atoms in total. The molecule has 1 amide bonds. The Morgan fingerprint density at radius 3 is 2.52 bits per heavy atom. The van der Waals surface area contributed by atoms with Gasteiger partial charge in [-0.25, -0.2) is 0 Å². The number of aromatic amines is 1. The van der Waals surface area contributed by atoms with E-state index in [9.17, 15) is 10.1 Å². The summed E-state index contributed by atoms with van der Waals surface area (Å²) in [6, 6.07) is 20.4. The van der Waals surface area contributed by atoms with Crippen LogP contribution in [-0.4, -0.2) is 78.0 Å². The molecule has 2 saturated heterocycles. The standard InChI is InChI=1S/C31H31N5O4/c32-19-23-17-22(3-6-29(23)40-25-8-15-39-16-9-25)31-26-18-28(34-27(26)7-10-33-31)21-1-4-24(5-2-21)35-11-13-36(14-12-35)30(38)20-37/h1-7,10,17-18,25,34,37H,8-9,11-16,20H2. The molecule has 2 aromatic heterocycles. The van der Waals surface area contributed by atoms with Crippen molar-refractivity contribution in [3.63, 3.8) is 0 Å². The number of aliphatic hydroxyl groups excluding tert-OH is 1. The number of pyridine rings is 1. The zero-order chi connectivity index (χ0) is 27.5. The van der Waals surface area contributed by atoms with Gasteiger partial charge in [-0.15, -0.1) is 0 Å². The minimum absolute atomic E-state index is 0.0620. The Kier molecular flexibility index (Phi) is 7.36. The highest BCUT2D eigenvalue weighted by Crippen LogP contribution is 2.34. The molecule has 2 aromatic carbocycles. The Morgan fingerprint density at radius 1 is 1.05 bits per heavy atom. The summed E-state index contributed by atoms with van der Waals surface area (Å²) in [7, 11) is 0. The van der Waals surface area contributed by atoms with Gasteiger partial charge in [-0.1, -0.05) is 12.1 Å². The number of carbonyl (C=O) groups excluding carboxylic acids is 1. The fraction of sp³-hybridized carbons (Fsp3) is 0.323. The number of piperazine rings is 1. The summed E-state index contributed by atoms with van der Waals surface area (Å²) in [5.41, 5.74) is 6.27. The second kappa shape index (κ2) is 11.4. The van der Waals surface area contributed by atoms with Gasteiger partial charge in [0, 0.05) is 73.1 Å². The quantitative estimate of drug-likeness (QED) is 0.383. The summed E-state index contributed by atoms with van der Waals surface area (Å²) in [5.74, 6) is 0.382. The van der Waals surface area contributed by atoms with E-state index in [1.165, 1.54) is 0 Å². The van der Waals surface area contributed by atoms with E-state index in [-0.39, 0.29) is 12.0 Å². The van der Waals surface area contributed by atoms with E-state index in [0.717, 1.165) is 65.0 Å². The molecule has 0 aliphatic carbocycles. The third kappa shape index (κ3) is 5.24. The number of carbonyl (C=O) groups is 1. The Morgan fingerprint density at radius 2 is 1.80 bits per heavy atom. The molecule has 0 bridgehead atoms. The minimum Gasteiger partial charge on any atom is -0.489 e. The second-order valence-electron chi connectivity index (χ2n) is 10.1. The predicted molar refractivity (Wildman–Crippen MR) is 152 cm³/mol. The smallest absolute Gasteiger partial charge is 0.248 e. The van der Waals surface area contributed by atoms with Gasteiger partial charge < -0.3 is 29.4 Å². The van der Waals surface area contributed by atoms with Crippen molar-refractivity contribution in [3.8, 4) is 34.3 Å². The number of benzene rings is 2. The molecular formula is C31H31N5O4. The van der Waals surface area contributed by atoms with Crippen LogP contribution in [-0.2, 0) is 9.53 Å². The van der Waals surface area contributed by atoms with Crippen molar-refractivity contribution >= 4 is 22.5 Å². The Balaban J connectivity index is 1.22. The van der Waals surface area contributed by atoms with E-state index in [2.05, 4.69) is 51.3 Å². The number of H-pyrrole nitrogens is 1. The summed E-state index contributed by atoms with van der Waals surface area (Å²) in [5, 5.41) is 19.9. The number of aromatic nitrogens is 2. The summed E-state index contributed by atoms with van der Waals surface area (Å²) < 4.78 is 11.5. The number of nitrogens with one attached hydrogen (secondary N) is 1. The van der Waals surface area contributed by atoms with Gasteiger partial charge in [0.15, 0.2) is 0 Å². The molecular weight excluding hydrogens is 506 g/mol. The highest BCUT2D eigenvalue weighted by molar-refractivity contribution is 5.96. The fourth-order valence-electron chi connectivity index (χ4n) is 5.45. The third-order valence-corrected chi connectivity index (χ3v) is 7.69. The number of nitrogens with zero attached hydrogens (tertiary/aromatic N) is 4. The fourth-order valence-corrected chi connectivity index (χ4v) is 5.45. The molecule has 2 aliphatic rings. The largest absolute Gasteiger partial charge is 0.489 e. The van der Waals surface area contributed by atoms with Gasteiger partial charge in [0.25, 0.3) is 0 Å². The van der Waals surface area contributed by atoms with Crippen LogP contribution in [0.4, 0.5) is 5.69 Å². The lowest BCUT2D eigenvalue weighted by Crippen LogP contribution is -2.49. The van der Waals surface area contributed by atoms with Crippen molar-refractivity contribution in [3.05, 3.63) is 66.4 Å². The molecule has 0 saturated carbocycles. The van der Waals surface area contributed by atoms with Crippen LogP contribution < -0.4 is 9.64 Å². The monoisotopic (exact) mass is 537 g/mol. The highest BCUT2D eigenvalue weighted by atomic mass is 16.5. The number of aliphatic hydroxyl groups is 1. The molecule has 6 rings (SSSR count). The molecule has 40 heavy (non-hydrogen) atoms. The van der Waals surface area contributed by atoms with E-state index in [1.807, 2.05) is 24.3 Å². The van der Waals surface area contributed by atoms with Crippen LogP contribution in [0.1, 0.15) is 18.4 Å². The number of hydrogen-bond acceptors (Lipinski definition) is 7. The van der Waals surface area contributed by atoms with Crippen LogP contribution in [0.3, 0.4) is 0 Å². The van der Waals surface area contributed by atoms with Crippen LogP contribution in [0, 0.1) is 11.3 Å². The maximum atomic E-state index is 11.7. The van der Waals surface area contributed by atoms with Gasteiger partial charge >= 0.3 is 0 Å². The van der Waals surface area contributed by atoms with Crippen LogP contribution in [0.2, 0.25) is 0 Å². The Labute approximate surface area is 232 Å². The Bertz CT molecular complexity index is 1540. The SMILES string of the molecule is N#Cc1cc(-c2nccc3[nH]c(-c4ccc(N5CCN(C(=O)CO)CC5)cc4)cc23)ccc1OC1CCOCC1. The van der Waals surface area contributed by atoms with Gasteiger partial charge in [-0.3, -0.25) is 9.78 Å². The van der Waals surface area contributed by atoms with Crippen molar-refractivity contribution in [1.82, 2.24) is 14.9 Å². The molecule has 2 N–H and O–H groups in total. The zero-order valence-electron chi connectivity index (χ0n) is 22.2. The minimum atomic E-state index is -0.438. The second-order valence-corrected chi connectivity index (χ2v) is 10.1. The predicted octanol–water partition coefficient (Wildman–Crippen LogP) is 3.97. The topological polar surface area (TPSA) is 115 Å². The van der Waals surface area contributed by atoms with E-state index in [1.54, 1.807) is 11.1 Å². The van der Waals surface area contributed by atoms with Gasteiger partial charge in [-0.2, -0.15) is 5.26 Å². The lowest BCUT2D eigenvalue weighted by atomic mass is 10.0. The molecule has 4 heterocycles. The number of hydrogen-bond donors (Lipinski definition) is 2. The first-order valence-corrected chi connectivity index (χ1v) is 13.6. The lowest BCUT2D eigenvalue weighted by molar-refractivity contribution is -0.134. The lowest BCUT2D eigenvalue weighted by Gasteiger charge is -2.35. The van der Waals surface area contributed by atoms with Crippen molar-refractivity contribution in [1.29, 1.82) is 5.26 Å². The van der Waals surface area contributed by atoms with Crippen molar-refractivity contribution in [2.75, 3.05) is 50.9 Å². The number of ether oxygens (including phenoxy) is 2. The molecule has 2 aliphatic heterocycles. The highest BCUT2D eigenvalue weighted by Gasteiger charge is 2.21. The van der Waals surface area contributed by atoms with Gasteiger partial charge in [0.05, 0.1) is 24.5 Å². The molecule has 0 unspecified atom stereocenters. The van der Waals surface area contributed by atoms with Crippen molar-refractivity contribution in [2.45, 2.75) is 18.9 Å². The van der Waals surface area contributed by atoms with Crippen LogP contribution in [0.15, 0.2) is 60.8 Å². The van der Waals surface area contributed by atoms with Crippen LogP contribution in [0.5, 0.6) is 5.75 Å². The first kappa shape index (κ1) is 25.9. The number of rotatable bonds is 6. The van der Waals surface area contributed by atoms with Crippen LogP contribution in [0.25, 0.3) is 33.4 Å². The summed E-state index contributed by atoms with van der Waals surface area (Å²) in [4.78, 5) is 23.9. The van der Waals surface area contributed by atoms with E-state index >= 15 is 0 Å². The van der Waals surface area contributed by atoms with Gasteiger partial charge in [0.1, 0.15) is 24.5 Å². The summed E-state index contributed by atoms with van der Waals surface area (Å²) in [6.45, 7) is 3.60. The summed E-state index contributed by atoms with van der Waals surface area (Å²) in [6.07, 6.45) is 3.49. The molecule has 0 radical (unpaired) electrons. The zero-order valence-corrected chi connectivity index (χ0v) is 22.2. The maximum Gasteiger partial charge on any atom is 0.248 e. The third-order valence-electron chi connectivity index (χ3n) is 7.69. The first-order chi connectivity index (χ1) is 19.6. The molecule has 204 valence electrons.